The minimum atomic E-state index is -5.79. The first kappa shape index (κ1) is 21.6. The highest BCUT2D eigenvalue weighted by molar-refractivity contribution is 8.05. The Balaban J connectivity index is 2.79. The van der Waals surface area contributed by atoms with E-state index in [0.717, 1.165) is 6.08 Å². The van der Waals surface area contributed by atoms with Crippen LogP contribution in [-0.4, -0.2) is 45.5 Å². The fraction of sp³-hybridized carbons (Fsp3) is 0.286. The van der Waals surface area contributed by atoms with Gasteiger partial charge in [0.1, 0.15) is 16.3 Å². The van der Waals surface area contributed by atoms with Crippen molar-refractivity contribution in [3.8, 4) is 0 Å². The van der Waals surface area contributed by atoms with Gasteiger partial charge in [-0.1, -0.05) is 48.6 Å². The topological polar surface area (TPSA) is 195 Å². The van der Waals surface area contributed by atoms with Gasteiger partial charge in [-0.2, -0.15) is 16.8 Å². The van der Waals surface area contributed by atoms with Gasteiger partial charge in [-0.15, -0.1) is 0 Å². The van der Waals surface area contributed by atoms with Gasteiger partial charge in [0.25, 0.3) is 20.2 Å². The second-order valence-corrected chi connectivity index (χ2v) is 9.60. The Hall–Kier alpha value is -2.68. The highest BCUT2D eigenvalue weighted by Crippen LogP contribution is 2.46. The van der Waals surface area contributed by atoms with E-state index >= 15 is 0 Å². The van der Waals surface area contributed by atoms with Gasteiger partial charge in [-0.3, -0.25) is 29.3 Å². The number of nitro groups is 2. The molecule has 0 amide bonds. The molecular formula is C14H14N2O10S2. The molecule has 0 radical (unpaired) electrons. The molecule has 152 valence electrons. The van der Waals surface area contributed by atoms with Crippen molar-refractivity contribution in [2.75, 3.05) is 0 Å². The zero-order chi connectivity index (χ0) is 21.4. The summed E-state index contributed by atoms with van der Waals surface area (Å²) in [6, 6.07) is 8.01. The first-order valence-electron chi connectivity index (χ1n) is 7.43. The number of allylic oxidation sites excluding steroid dienone is 2. The van der Waals surface area contributed by atoms with Crippen molar-refractivity contribution < 1.29 is 35.8 Å². The Morgan fingerprint density at radius 1 is 1.00 bits per heavy atom. The quantitative estimate of drug-likeness (QED) is 0.214. The molecule has 0 heterocycles. The molecule has 28 heavy (non-hydrogen) atoms. The van der Waals surface area contributed by atoms with Crippen LogP contribution in [0.2, 0.25) is 0 Å². The number of hydrogen-bond acceptors (Lipinski definition) is 8. The van der Waals surface area contributed by atoms with E-state index < -0.39 is 52.2 Å². The van der Waals surface area contributed by atoms with Crippen LogP contribution in [0, 0.1) is 26.1 Å². The molecule has 1 aromatic carbocycles. The summed E-state index contributed by atoms with van der Waals surface area (Å²) in [5.74, 6) is -1.86. The van der Waals surface area contributed by atoms with E-state index in [1.165, 1.54) is 6.08 Å². The number of hydrogen-bond donors (Lipinski definition) is 2. The van der Waals surface area contributed by atoms with Crippen LogP contribution in [0.1, 0.15) is 12.0 Å². The van der Waals surface area contributed by atoms with Gasteiger partial charge in [0.2, 0.25) is 4.08 Å². The summed E-state index contributed by atoms with van der Waals surface area (Å²) in [6.45, 7) is 0. The third-order valence-electron chi connectivity index (χ3n) is 4.39. The molecule has 1 atom stereocenters. The van der Waals surface area contributed by atoms with Crippen LogP contribution in [0.3, 0.4) is 0 Å². The molecule has 1 aliphatic rings. The van der Waals surface area contributed by atoms with Crippen LogP contribution in [0.5, 0.6) is 0 Å². The average molecular weight is 434 g/mol. The summed E-state index contributed by atoms with van der Waals surface area (Å²) in [7, 11) is -11.6. The molecule has 14 heteroatoms. The van der Waals surface area contributed by atoms with Gasteiger partial charge < -0.3 is 0 Å². The van der Waals surface area contributed by atoms with Gasteiger partial charge in [-0.05, 0) is 5.56 Å². The van der Waals surface area contributed by atoms with E-state index in [2.05, 4.69) is 0 Å². The van der Waals surface area contributed by atoms with Crippen LogP contribution >= 0.6 is 0 Å². The predicted octanol–water partition coefficient (Wildman–Crippen LogP) is 0.997. The fourth-order valence-electron chi connectivity index (χ4n) is 2.91. The van der Waals surface area contributed by atoms with Crippen molar-refractivity contribution in [1.82, 2.24) is 0 Å². The van der Waals surface area contributed by atoms with E-state index in [9.17, 15) is 46.2 Å². The molecule has 0 aromatic heterocycles. The van der Waals surface area contributed by atoms with Gasteiger partial charge in [0.15, 0.2) is 0 Å². The highest BCUT2D eigenvalue weighted by atomic mass is 32.3. The maximum absolute atomic E-state index is 12.0. The molecule has 0 bridgehead atoms. The van der Waals surface area contributed by atoms with Crippen LogP contribution in [0.25, 0.3) is 6.08 Å². The molecule has 1 aliphatic carbocycles. The van der Waals surface area contributed by atoms with E-state index in [4.69, 9.17) is 0 Å². The van der Waals surface area contributed by atoms with Crippen LogP contribution in [0.15, 0.2) is 48.6 Å². The standard InChI is InChI=1S/C14H14N2O10S2/c17-15(18)13(16(19)20)9-8-12(7-6-11-4-2-1-3-5-11)14(10-13,27(21,22)23)28(24,25)26/h1-9,12H,10H2,(H,21,22,23)(H,24,25,26). The summed E-state index contributed by atoms with van der Waals surface area (Å²) in [5.41, 5.74) is -2.92. The first-order chi connectivity index (χ1) is 12.8. The molecule has 12 nitrogen and oxygen atoms in total. The van der Waals surface area contributed by atoms with E-state index in [-0.39, 0.29) is 0 Å². The summed E-state index contributed by atoms with van der Waals surface area (Å²) >= 11 is 0. The maximum atomic E-state index is 12.0. The second kappa shape index (κ2) is 7.05. The van der Waals surface area contributed by atoms with Crippen LogP contribution in [-0.2, 0) is 20.2 Å². The minimum absolute atomic E-state index is 0.432. The van der Waals surface area contributed by atoms with Crippen molar-refractivity contribution >= 4 is 26.3 Å². The Morgan fingerprint density at radius 2 is 1.50 bits per heavy atom. The SMILES string of the molecule is O=[N+]([O-])C1([N+](=O)[O-])C=CC(C=Cc2ccccc2)C(S(=O)(=O)O)(S(=O)(=O)O)C1. The van der Waals surface area contributed by atoms with E-state index in [1.807, 2.05) is 0 Å². The van der Waals surface area contributed by atoms with Crippen molar-refractivity contribution in [3.63, 3.8) is 0 Å². The molecule has 1 unspecified atom stereocenters. The molecule has 1 aromatic rings. The first-order valence-corrected chi connectivity index (χ1v) is 10.3. The smallest absolute Gasteiger partial charge is 0.284 e. The predicted molar refractivity (Wildman–Crippen MR) is 95.3 cm³/mol. The van der Waals surface area contributed by atoms with E-state index in [1.54, 1.807) is 30.3 Å². The van der Waals surface area contributed by atoms with Gasteiger partial charge in [0, 0.05) is 5.92 Å². The monoisotopic (exact) mass is 434 g/mol. The van der Waals surface area contributed by atoms with Crippen molar-refractivity contribution in [3.05, 3.63) is 74.4 Å². The van der Waals surface area contributed by atoms with Gasteiger partial charge in [0.05, 0.1) is 6.08 Å². The lowest BCUT2D eigenvalue weighted by molar-refractivity contribution is -0.782. The number of benzene rings is 1. The number of rotatable bonds is 6. The largest absolute Gasteiger partial charge is 0.480 e. The summed E-state index contributed by atoms with van der Waals surface area (Å²) in [5, 5.41) is 22.6. The molecule has 2 rings (SSSR count). The third-order valence-corrected chi connectivity index (χ3v) is 8.23. The van der Waals surface area contributed by atoms with Crippen LogP contribution in [0.4, 0.5) is 0 Å². The molecule has 2 N–H and O–H groups in total. The molecular weight excluding hydrogens is 420 g/mol. The lowest BCUT2D eigenvalue weighted by atomic mass is 9.87. The zero-order valence-electron chi connectivity index (χ0n) is 13.9. The Morgan fingerprint density at radius 3 is 1.93 bits per heavy atom. The Kier molecular flexibility index (Phi) is 5.44. The van der Waals surface area contributed by atoms with Gasteiger partial charge in [-0.25, -0.2) is 0 Å². The zero-order valence-corrected chi connectivity index (χ0v) is 15.5. The fourth-order valence-corrected chi connectivity index (χ4v) is 5.77. The summed E-state index contributed by atoms with van der Waals surface area (Å²) in [4.78, 5) is 19.6. The third kappa shape index (κ3) is 3.42. The van der Waals surface area contributed by atoms with E-state index in [0.29, 0.717) is 17.7 Å². The van der Waals surface area contributed by atoms with Crippen molar-refractivity contribution in [1.29, 1.82) is 0 Å². The van der Waals surface area contributed by atoms with Crippen molar-refractivity contribution in [2.24, 2.45) is 5.92 Å². The van der Waals surface area contributed by atoms with Crippen LogP contribution < -0.4 is 0 Å². The molecule has 0 aliphatic heterocycles. The van der Waals surface area contributed by atoms with Gasteiger partial charge >= 0.3 is 5.66 Å². The Bertz CT molecular complexity index is 1010. The summed E-state index contributed by atoms with van der Waals surface area (Å²) < 4.78 is 63.6. The Labute approximate surface area is 159 Å². The highest BCUT2D eigenvalue weighted by Gasteiger charge is 2.72. The minimum Gasteiger partial charge on any atom is -0.284 e. The lowest BCUT2D eigenvalue weighted by Crippen LogP contribution is -2.61. The molecule has 0 fully saturated rings. The maximum Gasteiger partial charge on any atom is 0.480 e. The normalized spacial score (nSPS) is 21.4. The summed E-state index contributed by atoms with van der Waals surface area (Å²) in [6.07, 6.45) is 1.39. The number of nitrogens with zero attached hydrogens (tertiary/aromatic N) is 2. The van der Waals surface area contributed by atoms with Crippen molar-refractivity contribution in [2.45, 2.75) is 16.2 Å². The second-order valence-electron chi connectivity index (χ2n) is 5.99. The molecule has 0 spiro atoms. The molecule has 0 saturated carbocycles. The molecule has 0 saturated heterocycles. The lowest BCUT2D eigenvalue weighted by Gasteiger charge is -2.35. The average Bonchev–Trinajstić information content (AvgIpc) is 2.58.